The fraction of sp³-hybridized carbons (Fsp3) is 0.462. The lowest BCUT2D eigenvalue weighted by Crippen LogP contribution is -2.41. The second-order valence-corrected chi connectivity index (χ2v) is 5.23. The van der Waals surface area contributed by atoms with E-state index in [1.807, 2.05) is 18.2 Å². The maximum atomic E-state index is 11.5. The van der Waals surface area contributed by atoms with E-state index < -0.39 is 6.04 Å². The van der Waals surface area contributed by atoms with Gasteiger partial charge in [-0.05, 0) is 37.5 Å². The molecule has 100 valence electrons. The Balaban J connectivity index is 0.00000162. The van der Waals surface area contributed by atoms with Gasteiger partial charge in [0.2, 0.25) is 5.91 Å². The van der Waals surface area contributed by atoms with Gasteiger partial charge >= 0.3 is 0 Å². The lowest BCUT2D eigenvalue weighted by atomic mass is 9.96. The quantitative estimate of drug-likeness (QED) is 0.893. The van der Waals surface area contributed by atoms with Crippen LogP contribution in [0.1, 0.15) is 25.3 Å². The molecule has 1 saturated carbocycles. The number of nitrogens with two attached hydrogens (primary N) is 1. The van der Waals surface area contributed by atoms with Gasteiger partial charge < -0.3 is 11.1 Å². The van der Waals surface area contributed by atoms with Crippen LogP contribution in [0.2, 0.25) is 5.02 Å². The smallest absolute Gasteiger partial charge is 0.236 e. The summed E-state index contributed by atoms with van der Waals surface area (Å²) in [7, 11) is 0. The fourth-order valence-electron chi connectivity index (χ4n) is 1.95. The van der Waals surface area contributed by atoms with Crippen LogP contribution in [0.3, 0.4) is 0 Å². The van der Waals surface area contributed by atoms with Gasteiger partial charge in [-0.1, -0.05) is 23.7 Å². The van der Waals surface area contributed by atoms with Crippen LogP contribution in [0.25, 0.3) is 0 Å². The Labute approximate surface area is 118 Å². The zero-order chi connectivity index (χ0) is 12.5. The molecule has 1 aliphatic rings. The molecule has 1 aromatic carbocycles. The van der Waals surface area contributed by atoms with Crippen LogP contribution in [0.5, 0.6) is 0 Å². The first-order valence-corrected chi connectivity index (χ1v) is 6.21. The molecule has 0 spiro atoms. The van der Waals surface area contributed by atoms with E-state index >= 15 is 0 Å². The predicted molar refractivity (Wildman–Crippen MR) is 76.3 cm³/mol. The van der Waals surface area contributed by atoms with Crippen LogP contribution in [-0.4, -0.2) is 18.5 Å². The Morgan fingerprint density at radius 3 is 2.72 bits per heavy atom. The van der Waals surface area contributed by atoms with Gasteiger partial charge in [-0.3, -0.25) is 4.79 Å². The average Bonchev–Trinajstić information content (AvgIpc) is 3.07. The molecule has 0 aliphatic heterocycles. The van der Waals surface area contributed by atoms with Gasteiger partial charge in [0.05, 0.1) is 6.04 Å². The van der Waals surface area contributed by atoms with Crippen molar-refractivity contribution in [2.75, 3.05) is 6.54 Å². The van der Waals surface area contributed by atoms with Gasteiger partial charge in [-0.25, -0.2) is 0 Å². The zero-order valence-electron chi connectivity index (χ0n) is 10.3. The van der Waals surface area contributed by atoms with Crippen LogP contribution in [0.15, 0.2) is 24.3 Å². The molecule has 0 heterocycles. The van der Waals surface area contributed by atoms with Crippen LogP contribution >= 0.6 is 24.0 Å². The summed E-state index contributed by atoms with van der Waals surface area (Å²) < 4.78 is 0. The number of halogens is 2. The molecule has 1 amide bonds. The number of carbonyl (C=O) groups excluding carboxylic acids is 1. The molecule has 3 N–H and O–H groups in total. The molecule has 1 fully saturated rings. The van der Waals surface area contributed by atoms with Gasteiger partial charge in [-0.15, -0.1) is 12.4 Å². The summed E-state index contributed by atoms with van der Waals surface area (Å²) >= 11 is 5.98. The number of benzene rings is 1. The summed E-state index contributed by atoms with van der Waals surface area (Å²) in [4.78, 5) is 11.5. The number of rotatable bonds is 4. The zero-order valence-corrected chi connectivity index (χ0v) is 11.9. The molecule has 3 nitrogen and oxygen atoms in total. The molecule has 0 bridgehead atoms. The van der Waals surface area contributed by atoms with Crippen molar-refractivity contribution in [1.29, 1.82) is 0 Å². The van der Waals surface area contributed by atoms with Crippen molar-refractivity contribution in [3.8, 4) is 0 Å². The molecular weight excluding hydrogens is 271 g/mol. The minimum absolute atomic E-state index is 0. The molecular formula is C13H18Cl2N2O. The highest BCUT2D eigenvalue weighted by Gasteiger charge is 2.44. The standard InChI is InChI=1S/C13H17ClN2O.ClH/c1-9(15)12(17)16-8-13(5-6-13)10-3-2-4-11(14)7-10;/h2-4,7,9H,5-6,8,15H2,1H3,(H,16,17);1H/t9-;/m0./s1. The topological polar surface area (TPSA) is 55.1 Å². The predicted octanol–water partition coefficient (Wildman–Crippen LogP) is 2.26. The Morgan fingerprint density at radius 1 is 1.56 bits per heavy atom. The van der Waals surface area contributed by atoms with Crippen molar-refractivity contribution >= 4 is 29.9 Å². The van der Waals surface area contributed by atoms with Crippen LogP contribution < -0.4 is 11.1 Å². The number of amides is 1. The number of carbonyl (C=O) groups is 1. The lowest BCUT2D eigenvalue weighted by molar-refractivity contribution is -0.122. The van der Waals surface area contributed by atoms with Crippen molar-refractivity contribution in [2.45, 2.75) is 31.2 Å². The van der Waals surface area contributed by atoms with E-state index in [4.69, 9.17) is 17.3 Å². The maximum Gasteiger partial charge on any atom is 0.236 e. The SMILES string of the molecule is C[C@H](N)C(=O)NCC1(c2cccc(Cl)c2)CC1.Cl. The normalized spacial score (nSPS) is 17.5. The largest absolute Gasteiger partial charge is 0.354 e. The summed E-state index contributed by atoms with van der Waals surface area (Å²) in [5.41, 5.74) is 6.80. The van der Waals surface area contributed by atoms with E-state index in [-0.39, 0.29) is 23.7 Å². The van der Waals surface area contributed by atoms with E-state index in [1.165, 1.54) is 5.56 Å². The van der Waals surface area contributed by atoms with E-state index in [9.17, 15) is 4.79 Å². The molecule has 1 atom stereocenters. The highest BCUT2D eigenvalue weighted by atomic mass is 35.5. The lowest BCUT2D eigenvalue weighted by Gasteiger charge is -2.17. The maximum absolute atomic E-state index is 11.5. The van der Waals surface area contributed by atoms with Gasteiger partial charge in [0.1, 0.15) is 0 Å². The molecule has 0 unspecified atom stereocenters. The van der Waals surface area contributed by atoms with Crippen molar-refractivity contribution in [3.05, 3.63) is 34.9 Å². The molecule has 5 heteroatoms. The first-order chi connectivity index (χ1) is 8.03. The van der Waals surface area contributed by atoms with Crippen LogP contribution in [0, 0.1) is 0 Å². The van der Waals surface area contributed by atoms with Gasteiger partial charge in [0.15, 0.2) is 0 Å². The van der Waals surface area contributed by atoms with Crippen LogP contribution in [0.4, 0.5) is 0 Å². The second kappa shape index (κ2) is 5.91. The highest BCUT2D eigenvalue weighted by molar-refractivity contribution is 6.30. The van der Waals surface area contributed by atoms with Crippen molar-refractivity contribution < 1.29 is 4.79 Å². The highest BCUT2D eigenvalue weighted by Crippen LogP contribution is 2.48. The van der Waals surface area contributed by atoms with Crippen molar-refractivity contribution in [1.82, 2.24) is 5.32 Å². The molecule has 1 aliphatic carbocycles. The third-order valence-electron chi connectivity index (χ3n) is 3.31. The minimum Gasteiger partial charge on any atom is -0.354 e. The molecule has 18 heavy (non-hydrogen) atoms. The molecule has 0 aromatic heterocycles. The van der Waals surface area contributed by atoms with Crippen molar-refractivity contribution in [2.24, 2.45) is 5.73 Å². The first-order valence-electron chi connectivity index (χ1n) is 5.83. The Morgan fingerprint density at radius 2 is 2.22 bits per heavy atom. The van der Waals surface area contributed by atoms with Crippen LogP contribution in [-0.2, 0) is 10.2 Å². The third-order valence-corrected chi connectivity index (χ3v) is 3.54. The summed E-state index contributed by atoms with van der Waals surface area (Å²) in [5, 5.41) is 3.64. The average molecular weight is 289 g/mol. The van der Waals surface area contributed by atoms with E-state index in [2.05, 4.69) is 11.4 Å². The number of nitrogens with one attached hydrogen (secondary N) is 1. The summed E-state index contributed by atoms with van der Waals surface area (Å²) in [6.07, 6.45) is 2.18. The van der Waals surface area contributed by atoms with E-state index in [0.717, 1.165) is 17.9 Å². The monoisotopic (exact) mass is 288 g/mol. The number of hydrogen-bond donors (Lipinski definition) is 2. The molecule has 0 radical (unpaired) electrons. The Kier molecular flexibility index (Phi) is 5.02. The van der Waals surface area contributed by atoms with Gasteiger partial charge in [0, 0.05) is 17.0 Å². The Bertz CT molecular complexity index is 431. The first kappa shape index (κ1) is 15.3. The second-order valence-electron chi connectivity index (χ2n) is 4.80. The molecule has 0 saturated heterocycles. The molecule has 2 rings (SSSR count). The van der Waals surface area contributed by atoms with Gasteiger partial charge in [-0.2, -0.15) is 0 Å². The summed E-state index contributed by atoms with van der Waals surface area (Å²) in [6, 6.07) is 7.40. The summed E-state index contributed by atoms with van der Waals surface area (Å²) in [5.74, 6) is -0.0988. The van der Waals surface area contributed by atoms with E-state index in [0.29, 0.717) is 6.54 Å². The fourth-order valence-corrected chi connectivity index (χ4v) is 2.14. The molecule has 1 aromatic rings. The van der Waals surface area contributed by atoms with Gasteiger partial charge in [0.25, 0.3) is 0 Å². The van der Waals surface area contributed by atoms with E-state index in [1.54, 1.807) is 6.92 Å². The summed E-state index contributed by atoms with van der Waals surface area (Å²) in [6.45, 7) is 2.34. The number of hydrogen-bond acceptors (Lipinski definition) is 2. The van der Waals surface area contributed by atoms with Crippen molar-refractivity contribution in [3.63, 3.8) is 0 Å². The third kappa shape index (κ3) is 3.37. The Hall–Kier alpha value is -0.770. The minimum atomic E-state index is -0.454.